The third kappa shape index (κ3) is 7.27. The van der Waals surface area contributed by atoms with Crippen LogP contribution in [0.4, 0.5) is 0 Å². The number of rotatable bonds is 9. The van der Waals surface area contributed by atoms with Crippen LogP contribution in [0.5, 0.6) is 5.75 Å². The van der Waals surface area contributed by atoms with Crippen molar-refractivity contribution in [3.05, 3.63) is 30.3 Å². The zero-order valence-electron chi connectivity index (χ0n) is 11.1. The lowest BCUT2D eigenvalue weighted by Crippen LogP contribution is -2.33. The Balaban J connectivity index is 1.98. The van der Waals surface area contributed by atoms with E-state index in [-0.39, 0.29) is 6.10 Å². The highest BCUT2D eigenvalue weighted by atomic mass is 16.5. The molecule has 4 nitrogen and oxygen atoms in total. The molecule has 1 unspecified atom stereocenters. The fraction of sp³-hybridized carbons (Fsp3) is 0.571. The summed E-state index contributed by atoms with van der Waals surface area (Å²) in [5, 5.41) is 12.7. The minimum absolute atomic E-state index is 0.154. The van der Waals surface area contributed by atoms with Gasteiger partial charge in [0.05, 0.1) is 18.8 Å². The van der Waals surface area contributed by atoms with E-state index < -0.39 is 6.10 Å². The molecule has 0 fully saturated rings. The van der Waals surface area contributed by atoms with Gasteiger partial charge < -0.3 is 19.9 Å². The minimum atomic E-state index is -0.468. The molecule has 0 heterocycles. The van der Waals surface area contributed by atoms with E-state index in [1.807, 2.05) is 44.2 Å². The van der Waals surface area contributed by atoms with Gasteiger partial charge in [-0.2, -0.15) is 0 Å². The summed E-state index contributed by atoms with van der Waals surface area (Å²) in [6.45, 7) is 6.08. The molecule has 0 aliphatic rings. The molecule has 0 saturated heterocycles. The Morgan fingerprint density at radius 2 is 1.94 bits per heavy atom. The van der Waals surface area contributed by atoms with Crippen molar-refractivity contribution < 1.29 is 14.6 Å². The first-order valence-corrected chi connectivity index (χ1v) is 6.36. The predicted molar refractivity (Wildman–Crippen MR) is 71.9 cm³/mol. The van der Waals surface area contributed by atoms with Gasteiger partial charge in [0.2, 0.25) is 0 Å². The van der Waals surface area contributed by atoms with Crippen molar-refractivity contribution in [2.24, 2.45) is 0 Å². The van der Waals surface area contributed by atoms with Gasteiger partial charge in [-0.05, 0) is 26.0 Å². The van der Waals surface area contributed by atoms with Crippen molar-refractivity contribution >= 4 is 0 Å². The lowest BCUT2D eigenvalue weighted by atomic mass is 10.3. The summed E-state index contributed by atoms with van der Waals surface area (Å²) < 4.78 is 10.8. The second-order valence-electron chi connectivity index (χ2n) is 4.40. The van der Waals surface area contributed by atoms with Crippen LogP contribution in [0.1, 0.15) is 13.8 Å². The lowest BCUT2D eigenvalue weighted by Gasteiger charge is -2.14. The van der Waals surface area contributed by atoms with Crippen molar-refractivity contribution in [3.8, 4) is 5.75 Å². The lowest BCUT2D eigenvalue weighted by molar-refractivity contribution is 0.00625. The molecule has 1 rings (SSSR count). The summed E-state index contributed by atoms with van der Waals surface area (Å²) in [5.41, 5.74) is 0. The Bertz CT molecular complexity index is 303. The van der Waals surface area contributed by atoms with Crippen LogP contribution in [-0.4, -0.2) is 43.6 Å². The summed E-state index contributed by atoms with van der Waals surface area (Å²) in [7, 11) is 0. The number of ether oxygens (including phenoxy) is 2. The van der Waals surface area contributed by atoms with Crippen LogP contribution >= 0.6 is 0 Å². The quantitative estimate of drug-likeness (QED) is 0.654. The Hall–Kier alpha value is -1.10. The number of hydrogen-bond acceptors (Lipinski definition) is 4. The number of nitrogens with one attached hydrogen (secondary N) is 1. The molecule has 0 aromatic heterocycles. The molecule has 18 heavy (non-hydrogen) atoms. The first-order chi connectivity index (χ1) is 8.68. The maximum atomic E-state index is 9.59. The smallest absolute Gasteiger partial charge is 0.119 e. The number of aliphatic hydroxyl groups is 1. The fourth-order valence-corrected chi connectivity index (χ4v) is 1.39. The molecule has 102 valence electrons. The molecule has 0 amide bonds. The largest absolute Gasteiger partial charge is 0.492 e. The Labute approximate surface area is 109 Å². The van der Waals surface area contributed by atoms with E-state index in [0.717, 1.165) is 5.75 Å². The van der Waals surface area contributed by atoms with Crippen LogP contribution in [0.15, 0.2) is 30.3 Å². The van der Waals surface area contributed by atoms with Gasteiger partial charge in [-0.3, -0.25) is 0 Å². The molecule has 2 N–H and O–H groups in total. The van der Waals surface area contributed by atoms with Crippen LogP contribution in [0.3, 0.4) is 0 Å². The zero-order valence-corrected chi connectivity index (χ0v) is 11.1. The summed E-state index contributed by atoms with van der Waals surface area (Å²) in [6.07, 6.45) is -0.315. The van der Waals surface area contributed by atoms with Gasteiger partial charge in [-0.25, -0.2) is 0 Å². The van der Waals surface area contributed by atoms with Crippen molar-refractivity contribution in [2.75, 3.05) is 26.3 Å². The first kappa shape index (κ1) is 15.0. The highest BCUT2D eigenvalue weighted by Crippen LogP contribution is 2.07. The predicted octanol–water partition coefficient (Wildman–Crippen LogP) is 1.44. The van der Waals surface area contributed by atoms with Gasteiger partial charge >= 0.3 is 0 Å². The summed E-state index contributed by atoms with van der Waals surface area (Å²) in [4.78, 5) is 0. The summed E-state index contributed by atoms with van der Waals surface area (Å²) in [5.74, 6) is 0.864. The molecule has 0 bridgehead atoms. The Kier molecular flexibility index (Phi) is 7.41. The number of aliphatic hydroxyl groups excluding tert-OH is 1. The van der Waals surface area contributed by atoms with E-state index in [4.69, 9.17) is 9.47 Å². The monoisotopic (exact) mass is 253 g/mol. The van der Waals surface area contributed by atoms with Crippen molar-refractivity contribution in [3.63, 3.8) is 0 Å². The molecule has 1 aromatic carbocycles. The van der Waals surface area contributed by atoms with Crippen LogP contribution in [0.2, 0.25) is 0 Å². The average molecular weight is 253 g/mol. The van der Waals surface area contributed by atoms with Gasteiger partial charge in [0, 0.05) is 13.1 Å². The fourth-order valence-electron chi connectivity index (χ4n) is 1.39. The van der Waals surface area contributed by atoms with Crippen LogP contribution in [0, 0.1) is 0 Å². The molecule has 1 atom stereocenters. The molecule has 0 aliphatic heterocycles. The highest BCUT2D eigenvalue weighted by molar-refractivity contribution is 5.20. The Morgan fingerprint density at radius 3 is 2.61 bits per heavy atom. The maximum Gasteiger partial charge on any atom is 0.119 e. The SMILES string of the molecule is CC(C)OCC(O)CNCCOc1ccccc1. The summed E-state index contributed by atoms with van der Waals surface area (Å²) >= 11 is 0. The molecule has 0 spiro atoms. The van der Waals surface area contributed by atoms with E-state index in [1.54, 1.807) is 0 Å². The van der Waals surface area contributed by atoms with Crippen molar-refractivity contribution in [1.29, 1.82) is 0 Å². The first-order valence-electron chi connectivity index (χ1n) is 6.36. The number of benzene rings is 1. The second-order valence-corrected chi connectivity index (χ2v) is 4.40. The molecule has 0 saturated carbocycles. The maximum absolute atomic E-state index is 9.59. The van der Waals surface area contributed by atoms with E-state index in [2.05, 4.69) is 5.32 Å². The molecular formula is C14H23NO3. The standard InChI is InChI=1S/C14H23NO3/c1-12(2)18-11-13(16)10-15-8-9-17-14-6-4-3-5-7-14/h3-7,12-13,15-16H,8-11H2,1-2H3. The van der Waals surface area contributed by atoms with Crippen molar-refractivity contribution in [2.45, 2.75) is 26.1 Å². The van der Waals surface area contributed by atoms with E-state index in [1.165, 1.54) is 0 Å². The highest BCUT2D eigenvalue weighted by Gasteiger charge is 2.04. The molecule has 4 heteroatoms. The van der Waals surface area contributed by atoms with E-state index >= 15 is 0 Å². The van der Waals surface area contributed by atoms with Crippen LogP contribution in [-0.2, 0) is 4.74 Å². The van der Waals surface area contributed by atoms with E-state index in [9.17, 15) is 5.11 Å². The number of para-hydroxylation sites is 1. The molecular weight excluding hydrogens is 230 g/mol. The van der Waals surface area contributed by atoms with Gasteiger partial charge in [0.1, 0.15) is 12.4 Å². The van der Waals surface area contributed by atoms with Gasteiger partial charge in [0.15, 0.2) is 0 Å². The molecule has 0 radical (unpaired) electrons. The topological polar surface area (TPSA) is 50.7 Å². The van der Waals surface area contributed by atoms with Gasteiger partial charge in [-0.15, -0.1) is 0 Å². The average Bonchev–Trinajstić information content (AvgIpc) is 2.37. The van der Waals surface area contributed by atoms with Crippen LogP contribution < -0.4 is 10.1 Å². The minimum Gasteiger partial charge on any atom is -0.492 e. The third-order valence-electron chi connectivity index (χ3n) is 2.29. The number of hydrogen-bond donors (Lipinski definition) is 2. The summed E-state index contributed by atoms with van der Waals surface area (Å²) in [6, 6.07) is 9.68. The molecule has 0 aliphatic carbocycles. The molecule has 1 aromatic rings. The van der Waals surface area contributed by atoms with Gasteiger partial charge in [0.25, 0.3) is 0 Å². The second kappa shape index (κ2) is 8.91. The zero-order chi connectivity index (χ0) is 13.2. The van der Waals surface area contributed by atoms with E-state index in [0.29, 0.717) is 26.3 Å². The van der Waals surface area contributed by atoms with Crippen LogP contribution in [0.25, 0.3) is 0 Å². The van der Waals surface area contributed by atoms with Crippen molar-refractivity contribution in [1.82, 2.24) is 5.32 Å². The normalized spacial score (nSPS) is 12.7. The Morgan fingerprint density at radius 1 is 1.22 bits per heavy atom. The van der Waals surface area contributed by atoms with Gasteiger partial charge in [-0.1, -0.05) is 18.2 Å². The third-order valence-corrected chi connectivity index (χ3v) is 2.29.